The Morgan fingerprint density at radius 1 is 1.30 bits per heavy atom. The number of carbonyl (C=O) groups is 1. The molecular formula is C17H16Cl2N2O2. The second-order valence-corrected chi connectivity index (χ2v) is 7.17. The molecule has 2 atom stereocenters. The fourth-order valence-electron chi connectivity index (χ4n) is 3.05. The van der Waals surface area contributed by atoms with Gasteiger partial charge in [0.1, 0.15) is 11.4 Å². The largest absolute Gasteiger partial charge is 0.359 e. The number of halogens is 2. The zero-order valence-corrected chi connectivity index (χ0v) is 14.1. The van der Waals surface area contributed by atoms with Crippen molar-refractivity contribution in [2.45, 2.75) is 38.0 Å². The maximum atomic E-state index is 12.6. The minimum atomic E-state index is -0.103. The predicted octanol–water partition coefficient (Wildman–Crippen LogP) is 4.91. The Bertz CT molecular complexity index is 763. The summed E-state index contributed by atoms with van der Waals surface area (Å²) < 4.78 is 5.36. The maximum Gasteiger partial charge on any atom is 0.228 e. The molecule has 0 spiro atoms. The topological polar surface area (TPSA) is 55.1 Å². The molecule has 6 heteroatoms. The van der Waals surface area contributed by atoms with Crippen LogP contribution in [0.4, 0.5) is 5.69 Å². The number of aromatic nitrogens is 1. The molecule has 2 fully saturated rings. The van der Waals surface area contributed by atoms with Crippen molar-refractivity contribution in [3.8, 4) is 0 Å². The summed E-state index contributed by atoms with van der Waals surface area (Å²) in [6, 6.07) is 5.44. The minimum Gasteiger partial charge on any atom is -0.359 e. The summed E-state index contributed by atoms with van der Waals surface area (Å²) in [6.45, 7) is 1.85. The van der Waals surface area contributed by atoms with Crippen LogP contribution in [0.15, 0.2) is 22.7 Å². The van der Waals surface area contributed by atoms with Crippen molar-refractivity contribution in [1.82, 2.24) is 5.16 Å². The first-order chi connectivity index (χ1) is 11.1. The van der Waals surface area contributed by atoms with Gasteiger partial charge in [-0.05, 0) is 49.8 Å². The van der Waals surface area contributed by atoms with Gasteiger partial charge in [0.25, 0.3) is 0 Å². The predicted molar refractivity (Wildman–Crippen MR) is 89.2 cm³/mol. The Morgan fingerprint density at radius 3 is 2.65 bits per heavy atom. The Labute approximate surface area is 144 Å². The van der Waals surface area contributed by atoms with Crippen LogP contribution in [-0.4, -0.2) is 11.1 Å². The zero-order chi connectivity index (χ0) is 16.1. The average molecular weight is 351 g/mol. The van der Waals surface area contributed by atoms with Gasteiger partial charge in [-0.2, -0.15) is 0 Å². The first-order valence-corrected chi connectivity index (χ1v) is 8.52. The smallest absolute Gasteiger partial charge is 0.228 e. The van der Waals surface area contributed by atoms with Gasteiger partial charge in [0.05, 0.1) is 0 Å². The summed E-state index contributed by atoms with van der Waals surface area (Å²) in [6.07, 6.45) is 2.95. The number of anilines is 1. The van der Waals surface area contributed by atoms with Crippen LogP contribution < -0.4 is 5.32 Å². The van der Waals surface area contributed by atoms with E-state index in [2.05, 4.69) is 10.5 Å². The lowest BCUT2D eigenvalue weighted by atomic mass is 10.1. The van der Waals surface area contributed by atoms with Crippen LogP contribution in [0, 0.1) is 12.8 Å². The Morgan fingerprint density at radius 2 is 2.00 bits per heavy atom. The molecule has 1 aromatic heterocycles. The highest BCUT2D eigenvalue weighted by atomic mass is 35.5. The molecule has 120 valence electrons. The van der Waals surface area contributed by atoms with Gasteiger partial charge in [-0.3, -0.25) is 4.79 Å². The zero-order valence-electron chi connectivity index (χ0n) is 12.6. The molecule has 1 N–H and O–H groups in total. The molecule has 1 aromatic carbocycles. The van der Waals surface area contributed by atoms with Crippen molar-refractivity contribution < 1.29 is 9.32 Å². The number of nitrogens with one attached hydrogen (secondary N) is 1. The van der Waals surface area contributed by atoms with E-state index in [-0.39, 0.29) is 17.7 Å². The van der Waals surface area contributed by atoms with E-state index in [9.17, 15) is 4.79 Å². The van der Waals surface area contributed by atoms with Gasteiger partial charge in [0.15, 0.2) is 5.76 Å². The first kappa shape index (κ1) is 15.0. The molecule has 23 heavy (non-hydrogen) atoms. The molecule has 1 heterocycles. The highest BCUT2D eigenvalue weighted by molar-refractivity contribution is 6.36. The third-order valence-electron chi connectivity index (χ3n) is 4.58. The maximum absolute atomic E-state index is 12.6. The summed E-state index contributed by atoms with van der Waals surface area (Å²) in [7, 11) is 0. The van der Waals surface area contributed by atoms with Crippen molar-refractivity contribution in [2.24, 2.45) is 5.92 Å². The number of amides is 1. The van der Waals surface area contributed by atoms with E-state index in [0.29, 0.717) is 16.0 Å². The van der Waals surface area contributed by atoms with E-state index in [4.69, 9.17) is 27.7 Å². The summed E-state index contributed by atoms with van der Waals surface area (Å²) >= 11 is 12.5. The third kappa shape index (κ3) is 2.74. The standard InChI is InChI=1S/C17H16Cl2N2O2/c1-8-15(16(23-21-8)9-5-6-9)20-17(22)11-7-10(11)14-12(18)3-2-4-13(14)19/h2-4,9-11H,5-7H2,1H3,(H,20,22). The normalized spacial score (nSPS) is 22.9. The van der Waals surface area contributed by atoms with Crippen LogP contribution in [0.25, 0.3) is 0 Å². The van der Waals surface area contributed by atoms with Gasteiger partial charge < -0.3 is 9.84 Å². The number of hydrogen-bond acceptors (Lipinski definition) is 3. The summed E-state index contributed by atoms with van der Waals surface area (Å²) in [5, 5.41) is 8.23. The quantitative estimate of drug-likeness (QED) is 0.852. The molecule has 2 unspecified atom stereocenters. The lowest BCUT2D eigenvalue weighted by Gasteiger charge is -2.07. The van der Waals surface area contributed by atoms with Crippen molar-refractivity contribution in [2.75, 3.05) is 5.32 Å². The molecule has 0 bridgehead atoms. The number of carbonyl (C=O) groups excluding carboxylic acids is 1. The number of rotatable bonds is 4. The van der Waals surface area contributed by atoms with Crippen molar-refractivity contribution in [3.05, 3.63) is 45.3 Å². The van der Waals surface area contributed by atoms with Crippen LogP contribution in [0.2, 0.25) is 10.0 Å². The summed E-state index contributed by atoms with van der Waals surface area (Å²) in [5.41, 5.74) is 2.35. The Kier molecular flexibility index (Phi) is 3.62. The average Bonchev–Trinajstić information content (AvgIpc) is 3.41. The molecule has 0 aliphatic heterocycles. The van der Waals surface area contributed by atoms with E-state index in [1.807, 2.05) is 25.1 Å². The van der Waals surface area contributed by atoms with E-state index < -0.39 is 0 Å². The first-order valence-electron chi connectivity index (χ1n) is 7.77. The molecule has 4 nitrogen and oxygen atoms in total. The van der Waals surface area contributed by atoms with Gasteiger partial charge >= 0.3 is 0 Å². The van der Waals surface area contributed by atoms with E-state index in [1.165, 1.54) is 0 Å². The molecule has 1 amide bonds. The van der Waals surface area contributed by atoms with Crippen LogP contribution in [0.3, 0.4) is 0 Å². The van der Waals surface area contributed by atoms with Crippen molar-refractivity contribution >= 4 is 34.8 Å². The highest BCUT2D eigenvalue weighted by Gasteiger charge is 2.46. The second-order valence-electron chi connectivity index (χ2n) is 6.35. The lowest BCUT2D eigenvalue weighted by Crippen LogP contribution is -2.16. The van der Waals surface area contributed by atoms with Crippen molar-refractivity contribution in [1.29, 1.82) is 0 Å². The van der Waals surface area contributed by atoms with Crippen LogP contribution in [0.1, 0.15) is 48.1 Å². The van der Waals surface area contributed by atoms with Crippen LogP contribution >= 0.6 is 23.2 Å². The highest BCUT2D eigenvalue weighted by Crippen LogP contribution is 2.52. The van der Waals surface area contributed by atoms with Crippen LogP contribution in [0.5, 0.6) is 0 Å². The van der Waals surface area contributed by atoms with Crippen molar-refractivity contribution in [3.63, 3.8) is 0 Å². The molecular weight excluding hydrogens is 335 g/mol. The summed E-state index contributed by atoms with van der Waals surface area (Å²) in [4.78, 5) is 12.6. The SMILES string of the molecule is Cc1noc(C2CC2)c1NC(=O)C1CC1c1c(Cl)cccc1Cl. The molecule has 2 aliphatic rings. The van der Waals surface area contributed by atoms with Gasteiger partial charge in [-0.25, -0.2) is 0 Å². The number of hydrogen-bond donors (Lipinski definition) is 1. The minimum absolute atomic E-state index is 0.0146. The molecule has 2 aromatic rings. The molecule has 2 aliphatic carbocycles. The van der Waals surface area contributed by atoms with E-state index in [1.54, 1.807) is 0 Å². The van der Waals surface area contributed by atoms with Gasteiger partial charge in [0.2, 0.25) is 5.91 Å². The van der Waals surface area contributed by atoms with E-state index in [0.717, 1.165) is 42.0 Å². The van der Waals surface area contributed by atoms with Gasteiger partial charge in [-0.15, -0.1) is 0 Å². The number of aryl methyl sites for hydroxylation is 1. The lowest BCUT2D eigenvalue weighted by molar-refractivity contribution is -0.117. The second kappa shape index (κ2) is 5.53. The van der Waals surface area contributed by atoms with E-state index >= 15 is 0 Å². The molecule has 2 saturated carbocycles. The third-order valence-corrected chi connectivity index (χ3v) is 5.24. The number of nitrogens with zero attached hydrogens (tertiary/aromatic N) is 1. The Balaban J connectivity index is 1.51. The summed E-state index contributed by atoms with van der Waals surface area (Å²) in [5.74, 6) is 1.18. The molecule has 4 rings (SSSR count). The Hall–Kier alpha value is -1.52. The molecule has 0 radical (unpaired) electrons. The monoisotopic (exact) mass is 350 g/mol. The van der Waals surface area contributed by atoms with Crippen LogP contribution in [-0.2, 0) is 4.79 Å². The number of benzene rings is 1. The molecule has 0 saturated heterocycles. The van der Waals surface area contributed by atoms with Gasteiger partial charge in [-0.1, -0.05) is 34.4 Å². The fourth-order valence-corrected chi connectivity index (χ4v) is 3.73. The fraction of sp³-hybridized carbons (Fsp3) is 0.412. The van der Waals surface area contributed by atoms with Gasteiger partial charge in [0, 0.05) is 21.9 Å².